The van der Waals surface area contributed by atoms with Gasteiger partial charge in [-0.05, 0) is 25.1 Å². The van der Waals surface area contributed by atoms with Crippen LogP contribution in [-0.4, -0.2) is 17.7 Å². The van der Waals surface area contributed by atoms with E-state index in [1.54, 1.807) is 0 Å². The van der Waals surface area contributed by atoms with Crippen LogP contribution in [0.25, 0.3) is 0 Å². The fourth-order valence-corrected chi connectivity index (χ4v) is 1.97. The van der Waals surface area contributed by atoms with E-state index in [1.807, 2.05) is 11.8 Å². The quantitative estimate of drug-likeness (QED) is 0.608. The fraction of sp³-hybridized carbons (Fsp3) is 1.00. The van der Waals surface area contributed by atoms with Crippen molar-refractivity contribution in [1.82, 2.24) is 5.32 Å². The van der Waals surface area contributed by atoms with Crippen molar-refractivity contribution in [1.29, 1.82) is 0 Å². The summed E-state index contributed by atoms with van der Waals surface area (Å²) in [6.45, 7) is 3.45. The number of hydrogen-bond donors (Lipinski definition) is 1. The zero-order valence-electron chi connectivity index (χ0n) is 5.31. The minimum atomic E-state index is 0.778. The Balaban J connectivity index is 2.06. The second-order valence-corrected chi connectivity index (χ2v) is 3.52. The van der Waals surface area contributed by atoms with Crippen LogP contribution < -0.4 is 5.32 Å². The third kappa shape index (κ3) is 1.67. The van der Waals surface area contributed by atoms with Gasteiger partial charge >= 0.3 is 0 Å². The van der Waals surface area contributed by atoms with Crippen LogP contribution in [0.5, 0.6) is 0 Å². The molecule has 0 aromatic carbocycles. The van der Waals surface area contributed by atoms with Crippen molar-refractivity contribution in [3.05, 3.63) is 0 Å². The molecule has 1 heterocycles. The van der Waals surface area contributed by atoms with Gasteiger partial charge in [-0.15, -0.1) is 11.8 Å². The molecule has 1 rings (SSSR count). The molecule has 8 heavy (non-hydrogen) atoms. The van der Waals surface area contributed by atoms with Gasteiger partial charge in [-0.1, -0.05) is 6.92 Å². The summed E-state index contributed by atoms with van der Waals surface area (Å²) in [5, 5.41) is 4.20. The normalized spacial score (nSPS) is 28.9. The molecule has 1 nitrogen and oxygen atoms in total. The molecule has 1 fully saturated rings. The Hall–Kier alpha value is 0.310. The Morgan fingerprint density at radius 3 is 3.12 bits per heavy atom. The molecule has 1 aliphatic heterocycles. The Bertz CT molecular complexity index is 59.5. The Morgan fingerprint density at radius 2 is 2.62 bits per heavy atom. The average molecular weight is 131 g/mol. The highest BCUT2D eigenvalue weighted by atomic mass is 32.2. The summed E-state index contributed by atoms with van der Waals surface area (Å²) in [7, 11) is 0. The maximum atomic E-state index is 3.42. The Morgan fingerprint density at radius 1 is 1.75 bits per heavy atom. The maximum Gasteiger partial charge on any atom is 0.0532 e. The summed E-state index contributed by atoms with van der Waals surface area (Å²) in [5.41, 5.74) is 0. The van der Waals surface area contributed by atoms with Crippen molar-refractivity contribution >= 4 is 11.8 Å². The number of hydrogen-bond acceptors (Lipinski definition) is 2. The highest BCUT2D eigenvalue weighted by Crippen LogP contribution is 2.16. The van der Waals surface area contributed by atoms with E-state index in [-0.39, 0.29) is 0 Å². The van der Waals surface area contributed by atoms with Gasteiger partial charge in [-0.3, -0.25) is 0 Å². The van der Waals surface area contributed by atoms with Gasteiger partial charge in [0, 0.05) is 0 Å². The van der Waals surface area contributed by atoms with Gasteiger partial charge in [0.1, 0.15) is 0 Å². The first-order valence-electron chi connectivity index (χ1n) is 3.28. The lowest BCUT2D eigenvalue weighted by molar-refractivity contribution is 0.806. The van der Waals surface area contributed by atoms with E-state index in [0.717, 1.165) is 5.37 Å². The van der Waals surface area contributed by atoms with Gasteiger partial charge in [0.2, 0.25) is 0 Å². The summed E-state index contributed by atoms with van der Waals surface area (Å²) < 4.78 is 0. The van der Waals surface area contributed by atoms with E-state index in [1.165, 1.54) is 25.1 Å². The van der Waals surface area contributed by atoms with Gasteiger partial charge in [0.15, 0.2) is 0 Å². The highest BCUT2D eigenvalue weighted by Gasteiger charge is 2.11. The van der Waals surface area contributed by atoms with Crippen molar-refractivity contribution < 1.29 is 0 Å². The summed E-state index contributed by atoms with van der Waals surface area (Å²) in [6.07, 6.45) is 2.75. The van der Waals surface area contributed by atoms with E-state index >= 15 is 0 Å². The minimum Gasteiger partial charge on any atom is -0.305 e. The van der Waals surface area contributed by atoms with Gasteiger partial charge < -0.3 is 5.32 Å². The van der Waals surface area contributed by atoms with E-state index in [2.05, 4.69) is 12.2 Å². The van der Waals surface area contributed by atoms with Gasteiger partial charge in [-0.25, -0.2) is 0 Å². The van der Waals surface area contributed by atoms with Crippen LogP contribution in [0, 0.1) is 0 Å². The van der Waals surface area contributed by atoms with Crippen LogP contribution in [0.15, 0.2) is 0 Å². The molecule has 48 valence electrons. The van der Waals surface area contributed by atoms with Gasteiger partial charge in [-0.2, -0.15) is 0 Å². The van der Waals surface area contributed by atoms with Crippen molar-refractivity contribution in [2.24, 2.45) is 0 Å². The zero-order valence-corrected chi connectivity index (χ0v) is 6.13. The molecule has 1 aliphatic rings. The first kappa shape index (κ1) is 6.43. The van der Waals surface area contributed by atoms with Crippen molar-refractivity contribution in [3.8, 4) is 0 Å². The van der Waals surface area contributed by atoms with Crippen LogP contribution >= 0.6 is 11.8 Å². The first-order chi connectivity index (χ1) is 3.93. The molecule has 1 atom stereocenters. The molecule has 1 N–H and O–H groups in total. The van der Waals surface area contributed by atoms with Crippen LogP contribution in [-0.2, 0) is 0 Å². The molecule has 0 aromatic rings. The van der Waals surface area contributed by atoms with Crippen molar-refractivity contribution in [3.63, 3.8) is 0 Å². The minimum absolute atomic E-state index is 0.778. The summed E-state index contributed by atoms with van der Waals surface area (Å²) in [5.74, 6) is 1.25. The van der Waals surface area contributed by atoms with Gasteiger partial charge in [0.05, 0.1) is 5.37 Å². The van der Waals surface area contributed by atoms with Crippen LogP contribution in [0.4, 0.5) is 0 Å². The Labute approximate surface area is 55.2 Å². The molecule has 0 aliphatic carbocycles. The smallest absolute Gasteiger partial charge is 0.0532 e. The van der Waals surface area contributed by atoms with Gasteiger partial charge in [0.25, 0.3) is 0 Å². The summed E-state index contributed by atoms with van der Waals surface area (Å²) in [4.78, 5) is 0. The van der Waals surface area contributed by atoms with Crippen molar-refractivity contribution in [2.45, 2.75) is 25.1 Å². The van der Waals surface area contributed by atoms with E-state index in [4.69, 9.17) is 0 Å². The van der Waals surface area contributed by atoms with E-state index in [9.17, 15) is 0 Å². The molecule has 0 radical (unpaired) electrons. The summed E-state index contributed by atoms with van der Waals surface area (Å²) >= 11 is 2.03. The van der Waals surface area contributed by atoms with E-state index in [0.29, 0.717) is 0 Å². The number of rotatable bonds is 2. The molecule has 0 amide bonds. The lowest BCUT2D eigenvalue weighted by atomic mass is 10.4. The largest absolute Gasteiger partial charge is 0.305 e. The molecule has 0 aromatic heterocycles. The lowest BCUT2D eigenvalue weighted by Crippen LogP contribution is -2.17. The molecule has 1 unspecified atom stereocenters. The van der Waals surface area contributed by atoms with Crippen LogP contribution in [0.2, 0.25) is 0 Å². The highest BCUT2D eigenvalue weighted by molar-refractivity contribution is 7.99. The topological polar surface area (TPSA) is 12.0 Å². The third-order valence-corrected chi connectivity index (χ3v) is 2.52. The lowest BCUT2D eigenvalue weighted by Gasteiger charge is -2.05. The first-order valence-corrected chi connectivity index (χ1v) is 4.33. The number of nitrogens with one attached hydrogen (secondary N) is 1. The molecular weight excluding hydrogens is 118 g/mol. The second-order valence-electron chi connectivity index (χ2n) is 2.04. The standard InChI is InChI=1S/C6H13NS/c1-2-8-6-4-3-5-7-6/h6-7H,2-5H2,1H3. The van der Waals surface area contributed by atoms with Crippen LogP contribution in [0.1, 0.15) is 19.8 Å². The second kappa shape index (κ2) is 3.36. The SMILES string of the molecule is CCSC1CCCN1. The third-order valence-electron chi connectivity index (χ3n) is 1.38. The van der Waals surface area contributed by atoms with Crippen LogP contribution in [0.3, 0.4) is 0 Å². The summed E-state index contributed by atoms with van der Waals surface area (Å²) in [6, 6.07) is 0. The maximum absolute atomic E-state index is 3.42. The Kier molecular flexibility index (Phi) is 2.70. The molecular formula is C6H13NS. The predicted molar refractivity (Wildman–Crippen MR) is 39.2 cm³/mol. The van der Waals surface area contributed by atoms with Crippen molar-refractivity contribution in [2.75, 3.05) is 12.3 Å². The molecule has 1 saturated heterocycles. The molecule has 0 spiro atoms. The average Bonchev–Trinajstić information content (AvgIpc) is 2.19. The fourth-order valence-electron chi connectivity index (χ4n) is 0.996. The molecule has 0 bridgehead atoms. The predicted octanol–water partition coefficient (Wildman–Crippen LogP) is 1.45. The van der Waals surface area contributed by atoms with E-state index < -0.39 is 0 Å². The molecule has 2 heteroatoms. The zero-order chi connectivity index (χ0) is 5.82. The number of thioether (sulfide) groups is 1. The monoisotopic (exact) mass is 131 g/mol. The molecule has 0 saturated carbocycles.